The molecule has 0 atom stereocenters. The van der Waals surface area contributed by atoms with E-state index in [4.69, 9.17) is 14.8 Å². The molecule has 0 unspecified atom stereocenters. The number of carboxylic acid groups (broad SMARTS) is 1. The van der Waals surface area contributed by atoms with Gasteiger partial charge in [0.1, 0.15) is 0 Å². The highest BCUT2D eigenvalue weighted by atomic mass is 16.8. The van der Waals surface area contributed by atoms with Crippen LogP contribution in [0.1, 0.15) is 0 Å². The first kappa shape index (κ1) is 9.27. The molecule has 0 aliphatic rings. The second-order valence-corrected chi connectivity index (χ2v) is 0.432. The first-order valence-electron chi connectivity index (χ1n) is 0.997. The van der Waals surface area contributed by atoms with Crippen LogP contribution in [0.15, 0.2) is 5.34 Å². The Kier molecular flexibility index (Phi) is 6.40. The Labute approximate surface area is 38.6 Å². The lowest BCUT2D eigenvalue weighted by atomic mass is 11.4. The predicted octanol–water partition coefficient (Wildman–Crippen LogP) is 0.524. The summed E-state index contributed by atoms with van der Waals surface area (Å²) < 4.78 is 0. The Hall–Kier alpha value is -1.17. The van der Waals surface area contributed by atoms with Gasteiger partial charge in [-0.3, -0.25) is 0 Å². The lowest BCUT2D eigenvalue weighted by Gasteiger charge is -1.73. The molecule has 0 saturated heterocycles. The molecule has 0 radical (unpaired) electrons. The molecule has 4 N–H and O–H groups in total. The second kappa shape index (κ2) is 4.83. The van der Waals surface area contributed by atoms with Crippen LogP contribution in [-0.2, 0) is 4.84 Å². The van der Waals surface area contributed by atoms with Gasteiger partial charge in [-0.05, 0) is 0 Å². The van der Waals surface area contributed by atoms with Crippen LogP contribution in [0.3, 0.4) is 0 Å². The van der Waals surface area contributed by atoms with Crippen molar-refractivity contribution in [1.29, 1.82) is 0 Å². The van der Waals surface area contributed by atoms with Crippen LogP contribution in [0, 0.1) is 4.91 Å². The molecule has 0 spiro atoms. The Morgan fingerprint density at radius 3 is 2.14 bits per heavy atom. The van der Waals surface area contributed by atoms with E-state index in [9.17, 15) is 0 Å². The van der Waals surface area contributed by atoms with Gasteiger partial charge in [0.2, 0.25) is 0 Å². The highest BCUT2D eigenvalue weighted by Gasteiger charge is 1.89. The summed E-state index contributed by atoms with van der Waals surface area (Å²) >= 11 is 0. The minimum Gasteiger partial charge on any atom is -0.448 e. The molecule has 0 amide bonds. The minimum absolute atomic E-state index is 0. The average molecular weight is 108 g/mol. The smallest absolute Gasteiger partial charge is 0.448 e. The van der Waals surface area contributed by atoms with Gasteiger partial charge in [0.05, 0.1) is 0 Å². The van der Waals surface area contributed by atoms with Crippen molar-refractivity contribution in [3.63, 3.8) is 0 Å². The molecule has 7 heavy (non-hydrogen) atoms. The van der Waals surface area contributed by atoms with Gasteiger partial charge in [0.15, 0.2) is 5.34 Å². The van der Waals surface area contributed by atoms with E-state index >= 15 is 0 Å². The van der Waals surface area contributed by atoms with Gasteiger partial charge in [-0.1, -0.05) is 0 Å². The third-order valence-electron chi connectivity index (χ3n) is 0.115. The molecule has 0 aromatic heterocycles. The summed E-state index contributed by atoms with van der Waals surface area (Å²) in [5.41, 5.74) is 0. The summed E-state index contributed by atoms with van der Waals surface area (Å²) in [7, 11) is 0. The maximum absolute atomic E-state index is 9.08. The summed E-state index contributed by atoms with van der Waals surface area (Å²) in [6, 6.07) is 0. The first-order chi connectivity index (χ1) is 2.77. The molecule has 6 heteroatoms. The lowest BCUT2D eigenvalue weighted by Crippen LogP contribution is -1.89. The summed E-state index contributed by atoms with van der Waals surface area (Å²) in [4.78, 5) is 20.9. The predicted molar refractivity (Wildman–Crippen MR) is 19.9 cm³/mol. The minimum atomic E-state index is -1.69. The van der Waals surface area contributed by atoms with E-state index in [-0.39, 0.29) is 6.15 Å². The van der Waals surface area contributed by atoms with Gasteiger partial charge in [0, 0.05) is 0 Å². The fraction of sp³-hybridized carbons (Fsp3) is 0. The van der Waals surface area contributed by atoms with Crippen LogP contribution < -0.4 is 6.15 Å². The molecule has 0 fully saturated rings. The van der Waals surface area contributed by atoms with Gasteiger partial charge in [0.25, 0.3) is 0 Å². The maximum Gasteiger partial charge on any atom is 0.534 e. The summed E-state index contributed by atoms with van der Waals surface area (Å²) in [6.45, 7) is 0. The molecule has 6 nitrogen and oxygen atoms in total. The van der Waals surface area contributed by atoms with Crippen LogP contribution in [0.2, 0.25) is 0 Å². The van der Waals surface area contributed by atoms with Crippen LogP contribution >= 0.6 is 0 Å². The average Bonchev–Trinajstić information content (AvgIpc) is 1.35. The standard InChI is InChI=1S/CHNO4.H3N/c3-1(4)6-2-5;/h(H,3,4);1H3. The zero-order valence-electron chi connectivity index (χ0n) is 3.33. The van der Waals surface area contributed by atoms with E-state index in [1.807, 2.05) is 0 Å². The summed E-state index contributed by atoms with van der Waals surface area (Å²) in [5, 5.41) is 8.98. The highest BCUT2D eigenvalue weighted by Crippen LogP contribution is 1.70. The zero-order chi connectivity index (χ0) is 4.99. The number of hydrogen-bond donors (Lipinski definition) is 2. The van der Waals surface area contributed by atoms with Crippen LogP contribution in [0.25, 0.3) is 0 Å². The van der Waals surface area contributed by atoms with Crippen molar-refractivity contribution in [3.05, 3.63) is 4.91 Å². The van der Waals surface area contributed by atoms with Crippen LogP contribution in [0.5, 0.6) is 0 Å². The number of carbonyl (C=O) groups is 1. The molecule has 0 heterocycles. The third kappa shape index (κ3) is 11.6. The summed E-state index contributed by atoms with van der Waals surface area (Å²) in [5.74, 6) is 0. The normalized spacial score (nSPS) is 5.71. The third-order valence-corrected chi connectivity index (χ3v) is 0.115. The number of hydrogen-bond acceptors (Lipinski definition) is 5. The van der Waals surface area contributed by atoms with E-state index in [0.29, 0.717) is 0 Å². The summed E-state index contributed by atoms with van der Waals surface area (Å²) in [6.07, 6.45) is -1.69. The molecular weight excluding hydrogens is 104 g/mol. The fourth-order valence-corrected chi connectivity index (χ4v) is 0.0319. The molecule has 0 rings (SSSR count). The van der Waals surface area contributed by atoms with Crippen LogP contribution in [-0.4, -0.2) is 11.3 Å². The molecular formula is CH4N2O4. The van der Waals surface area contributed by atoms with Gasteiger partial charge in [-0.15, -0.1) is 4.91 Å². The largest absolute Gasteiger partial charge is 0.534 e. The van der Waals surface area contributed by atoms with Crippen molar-refractivity contribution in [2.75, 3.05) is 0 Å². The Morgan fingerprint density at radius 1 is 1.71 bits per heavy atom. The Bertz CT molecular complexity index is 70.1. The highest BCUT2D eigenvalue weighted by molar-refractivity contribution is 5.56. The maximum atomic E-state index is 9.08. The molecule has 42 valence electrons. The molecule has 0 aliphatic heterocycles. The molecule has 0 bridgehead atoms. The second-order valence-electron chi connectivity index (χ2n) is 0.432. The lowest BCUT2D eigenvalue weighted by molar-refractivity contribution is 0.0930. The Morgan fingerprint density at radius 2 is 2.14 bits per heavy atom. The van der Waals surface area contributed by atoms with Gasteiger partial charge < -0.3 is 11.3 Å². The van der Waals surface area contributed by atoms with E-state index in [2.05, 4.69) is 4.84 Å². The SMILES string of the molecule is N.O=NOC(=O)O. The van der Waals surface area contributed by atoms with Gasteiger partial charge in [-0.25, -0.2) is 9.63 Å². The van der Waals surface area contributed by atoms with E-state index in [1.165, 1.54) is 0 Å². The van der Waals surface area contributed by atoms with Crippen molar-refractivity contribution in [2.24, 2.45) is 5.34 Å². The van der Waals surface area contributed by atoms with Gasteiger partial charge >= 0.3 is 6.16 Å². The van der Waals surface area contributed by atoms with E-state index < -0.39 is 6.16 Å². The van der Waals surface area contributed by atoms with Crippen molar-refractivity contribution >= 4 is 6.16 Å². The fourth-order valence-electron chi connectivity index (χ4n) is 0.0319. The van der Waals surface area contributed by atoms with E-state index in [1.54, 1.807) is 5.34 Å². The van der Waals surface area contributed by atoms with Crippen molar-refractivity contribution in [2.45, 2.75) is 0 Å². The van der Waals surface area contributed by atoms with E-state index in [0.717, 1.165) is 0 Å². The molecule has 0 aliphatic carbocycles. The quantitative estimate of drug-likeness (QED) is 0.375. The molecule has 0 saturated carbocycles. The topological polar surface area (TPSA) is 111 Å². The van der Waals surface area contributed by atoms with Crippen molar-refractivity contribution in [3.8, 4) is 0 Å². The monoisotopic (exact) mass is 108 g/mol. The number of nitrogens with zero attached hydrogens (tertiary/aromatic N) is 1. The van der Waals surface area contributed by atoms with Crippen molar-refractivity contribution < 1.29 is 14.7 Å². The molecule has 0 aromatic rings. The molecule has 0 aromatic carbocycles. The van der Waals surface area contributed by atoms with Gasteiger partial charge in [-0.2, -0.15) is 0 Å². The zero-order valence-corrected chi connectivity index (χ0v) is 3.33. The van der Waals surface area contributed by atoms with Crippen LogP contribution in [0.4, 0.5) is 4.79 Å². The first-order valence-corrected chi connectivity index (χ1v) is 0.997. The number of rotatable bonds is 1. The van der Waals surface area contributed by atoms with Crippen molar-refractivity contribution in [1.82, 2.24) is 6.15 Å². The Balaban J connectivity index is 0.